The molecule has 0 saturated carbocycles. The number of amides is 2. The smallest absolute Gasteiger partial charge is 0.242 e. The molecule has 10 heteroatoms. The van der Waals surface area contributed by atoms with Crippen molar-refractivity contribution in [1.82, 2.24) is 10.2 Å². The summed E-state index contributed by atoms with van der Waals surface area (Å²) in [5, 5.41) is 2.53. The third-order valence-corrected chi connectivity index (χ3v) is 6.39. The highest BCUT2D eigenvalue weighted by Crippen LogP contribution is 2.22. The molecule has 0 bridgehead atoms. The predicted octanol–water partition coefficient (Wildman–Crippen LogP) is 2.54. The van der Waals surface area contributed by atoms with E-state index in [4.69, 9.17) is 4.74 Å². The Balaban J connectivity index is 2.12. The van der Waals surface area contributed by atoms with E-state index in [1.165, 1.54) is 35.5 Å². The van der Waals surface area contributed by atoms with Crippen molar-refractivity contribution in [2.75, 3.05) is 31.3 Å². The zero-order chi connectivity index (χ0) is 24.6. The van der Waals surface area contributed by atoms with E-state index in [0.29, 0.717) is 17.0 Å². The quantitative estimate of drug-likeness (QED) is 0.534. The lowest BCUT2D eigenvalue weighted by Crippen LogP contribution is -2.46. The van der Waals surface area contributed by atoms with E-state index < -0.39 is 21.9 Å². The zero-order valence-electron chi connectivity index (χ0n) is 19.2. The van der Waals surface area contributed by atoms with Gasteiger partial charge in [0.2, 0.25) is 21.8 Å². The number of hydrogen-bond donors (Lipinski definition) is 1. The molecule has 180 valence electrons. The molecule has 8 nitrogen and oxygen atoms in total. The van der Waals surface area contributed by atoms with Crippen LogP contribution in [0.4, 0.5) is 10.1 Å². The Morgan fingerprint density at radius 1 is 1.09 bits per heavy atom. The van der Waals surface area contributed by atoms with E-state index in [1.54, 1.807) is 43.3 Å². The molecule has 0 spiro atoms. The molecular weight excluding hydrogens is 449 g/mol. The Hall–Kier alpha value is -3.14. The van der Waals surface area contributed by atoms with Crippen molar-refractivity contribution < 1.29 is 27.1 Å². The lowest BCUT2D eigenvalue weighted by molar-refractivity contribution is -0.140. The maximum absolute atomic E-state index is 13.2. The van der Waals surface area contributed by atoms with Crippen molar-refractivity contribution in [2.24, 2.45) is 0 Å². The number of nitrogens with one attached hydrogen (secondary N) is 1. The van der Waals surface area contributed by atoms with E-state index >= 15 is 0 Å². The largest absolute Gasteiger partial charge is 0.497 e. The number of ether oxygens (including phenoxy) is 1. The maximum atomic E-state index is 13.2. The summed E-state index contributed by atoms with van der Waals surface area (Å²) in [6.07, 6.45) is 1.39. The summed E-state index contributed by atoms with van der Waals surface area (Å²) in [4.78, 5) is 26.6. The highest BCUT2D eigenvalue weighted by molar-refractivity contribution is 7.92. The van der Waals surface area contributed by atoms with Crippen LogP contribution in [0.5, 0.6) is 5.75 Å². The molecule has 1 unspecified atom stereocenters. The number of carbonyl (C=O) groups is 2. The molecule has 0 saturated heterocycles. The third kappa shape index (κ3) is 7.45. The molecule has 1 N–H and O–H groups in total. The van der Waals surface area contributed by atoms with Gasteiger partial charge in [0.05, 0.1) is 19.1 Å². The van der Waals surface area contributed by atoms with Crippen molar-refractivity contribution in [3.63, 3.8) is 0 Å². The van der Waals surface area contributed by atoms with Crippen LogP contribution in [0.3, 0.4) is 0 Å². The van der Waals surface area contributed by atoms with Crippen LogP contribution in [-0.4, -0.2) is 58.1 Å². The van der Waals surface area contributed by atoms with Crippen LogP contribution >= 0.6 is 0 Å². The molecule has 2 aromatic rings. The van der Waals surface area contributed by atoms with Crippen LogP contribution in [0.15, 0.2) is 48.5 Å². The second kappa shape index (κ2) is 11.6. The number of halogens is 1. The van der Waals surface area contributed by atoms with Gasteiger partial charge in [0.1, 0.15) is 17.6 Å². The van der Waals surface area contributed by atoms with Crippen LogP contribution in [0.1, 0.15) is 25.3 Å². The number of benzene rings is 2. The summed E-state index contributed by atoms with van der Waals surface area (Å²) in [5.74, 6) is -0.433. The standard InChI is InChI=1S/C23H30FN3O5S/c1-17(23(29)25-2)26(16-18-7-9-19(24)10-8-18)22(28)6-5-15-27(33(4,30)31)20-11-13-21(32-3)14-12-20/h7-14,17H,5-6,15-16H2,1-4H3,(H,25,29). The summed E-state index contributed by atoms with van der Waals surface area (Å²) < 4.78 is 44.2. The van der Waals surface area contributed by atoms with Gasteiger partial charge in [-0.2, -0.15) is 0 Å². The fourth-order valence-corrected chi connectivity index (χ4v) is 4.30. The summed E-state index contributed by atoms with van der Waals surface area (Å²) in [5.41, 5.74) is 1.14. The average molecular weight is 480 g/mol. The summed E-state index contributed by atoms with van der Waals surface area (Å²) in [7, 11) is -0.569. The molecule has 0 aliphatic carbocycles. The number of carbonyl (C=O) groups excluding carboxylic acids is 2. The maximum Gasteiger partial charge on any atom is 0.242 e. The predicted molar refractivity (Wildman–Crippen MR) is 125 cm³/mol. The van der Waals surface area contributed by atoms with E-state index in [-0.39, 0.29) is 37.7 Å². The van der Waals surface area contributed by atoms with Crippen LogP contribution in [0.25, 0.3) is 0 Å². The lowest BCUT2D eigenvalue weighted by Gasteiger charge is -2.29. The van der Waals surface area contributed by atoms with Gasteiger partial charge in [-0.3, -0.25) is 13.9 Å². The van der Waals surface area contributed by atoms with E-state index in [0.717, 1.165) is 6.26 Å². The number of methoxy groups -OCH3 is 1. The summed E-state index contributed by atoms with van der Waals surface area (Å²) in [6, 6.07) is 11.5. The van der Waals surface area contributed by atoms with Gasteiger partial charge in [-0.15, -0.1) is 0 Å². The molecular formula is C23H30FN3O5S. The molecule has 0 aliphatic heterocycles. The minimum Gasteiger partial charge on any atom is -0.497 e. The minimum absolute atomic E-state index is 0.0324. The molecule has 0 radical (unpaired) electrons. The fraction of sp³-hybridized carbons (Fsp3) is 0.391. The van der Waals surface area contributed by atoms with Crippen LogP contribution in [0.2, 0.25) is 0 Å². The average Bonchev–Trinajstić information content (AvgIpc) is 2.79. The lowest BCUT2D eigenvalue weighted by atomic mass is 10.1. The Bertz CT molecular complexity index is 1040. The minimum atomic E-state index is -3.57. The second-order valence-corrected chi connectivity index (χ2v) is 9.48. The van der Waals surface area contributed by atoms with E-state index in [2.05, 4.69) is 5.32 Å². The molecule has 33 heavy (non-hydrogen) atoms. The fourth-order valence-electron chi connectivity index (χ4n) is 3.33. The number of nitrogens with zero attached hydrogens (tertiary/aromatic N) is 2. The summed E-state index contributed by atoms with van der Waals surface area (Å²) >= 11 is 0. The molecule has 0 fully saturated rings. The van der Waals surface area contributed by atoms with Crippen LogP contribution < -0.4 is 14.4 Å². The second-order valence-electron chi connectivity index (χ2n) is 7.58. The van der Waals surface area contributed by atoms with E-state index in [9.17, 15) is 22.4 Å². The zero-order valence-corrected chi connectivity index (χ0v) is 20.1. The summed E-state index contributed by atoms with van der Waals surface area (Å²) in [6.45, 7) is 1.83. The molecule has 0 aromatic heterocycles. The normalized spacial score (nSPS) is 12.0. The third-order valence-electron chi connectivity index (χ3n) is 5.19. The van der Waals surface area contributed by atoms with Gasteiger partial charge in [-0.25, -0.2) is 12.8 Å². The first-order chi connectivity index (χ1) is 15.6. The molecule has 0 heterocycles. The van der Waals surface area contributed by atoms with Crippen molar-refractivity contribution in [2.45, 2.75) is 32.4 Å². The van der Waals surface area contributed by atoms with Gasteiger partial charge in [0.25, 0.3) is 0 Å². The molecule has 2 aromatic carbocycles. The van der Waals surface area contributed by atoms with Crippen molar-refractivity contribution in [1.29, 1.82) is 0 Å². The molecule has 2 rings (SSSR count). The topological polar surface area (TPSA) is 96.0 Å². The van der Waals surface area contributed by atoms with E-state index in [1.807, 2.05) is 0 Å². The van der Waals surface area contributed by atoms with Gasteiger partial charge >= 0.3 is 0 Å². The van der Waals surface area contributed by atoms with Gasteiger partial charge in [-0.1, -0.05) is 12.1 Å². The number of rotatable bonds is 11. The van der Waals surface area contributed by atoms with Crippen LogP contribution in [-0.2, 0) is 26.2 Å². The highest BCUT2D eigenvalue weighted by atomic mass is 32.2. The monoisotopic (exact) mass is 479 g/mol. The number of anilines is 1. The molecule has 2 amide bonds. The Morgan fingerprint density at radius 3 is 2.21 bits per heavy atom. The first-order valence-corrected chi connectivity index (χ1v) is 12.3. The Kier molecular flexibility index (Phi) is 9.22. The first kappa shape index (κ1) is 26.1. The highest BCUT2D eigenvalue weighted by Gasteiger charge is 2.26. The van der Waals surface area contributed by atoms with Gasteiger partial charge in [0.15, 0.2) is 0 Å². The number of hydrogen-bond acceptors (Lipinski definition) is 5. The van der Waals surface area contributed by atoms with Crippen molar-refractivity contribution >= 4 is 27.5 Å². The number of sulfonamides is 1. The van der Waals surface area contributed by atoms with Gasteiger partial charge in [-0.05, 0) is 55.3 Å². The van der Waals surface area contributed by atoms with Crippen molar-refractivity contribution in [3.8, 4) is 5.75 Å². The molecule has 1 atom stereocenters. The van der Waals surface area contributed by atoms with Crippen molar-refractivity contribution in [3.05, 3.63) is 59.9 Å². The number of likely N-dealkylation sites (N-methyl/N-ethyl adjacent to an activating group) is 1. The first-order valence-electron chi connectivity index (χ1n) is 10.4. The SMILES string of the molecule is CNC(=O)C(C)N(Cc1ccc(F)cc1)C(=O)CCCN(c1ccc(OC)cc1)S(C)(=O)=O. The Morgan fingerprint density at radius 2 is 1.70 bits per heavy atom. The van der Waals surface area contributed by atoms with Crippen LogP contribution in [0, 0.1) is 5.82 Å². The Labute approximate surface area is 194 Å². The molecule has 0 aliphatic rings. The van der Waals surface area contributed by atoms with Gasteiger partial charge in [0, 0.05) is 26.6 Å². The van der Waals surface area contributed by atoms with Gasteiger partial charge < -0.3 is 15.0 Å².